The van der Waals surface area contributed by atoms with Gasteiger partial charge in [-0.15, -0.1) is 5.10 Å². The van der Waals surface area contributed by atoms with Crippen LogP contribution in [0, 0.1) is 20.8 Å². The molecule has 11 heteroatoms. The lowest BCUT2D eigenvalue weighted by Gasteiger charge is -2.12. The van der Waals surface area contributed by atoms with E-state index < -0.39 is 5.91 Å². The molecule has 4 rings (SSSR count). The number of hydrogen-bond donors (Lipinski definition) is 2. The molecule has 0 saturated carbocycles. The van der Waals surface area contributed by atoms with Gasteiger partial charge >= 0.3 is 0 Å². The van der Waals surface area contributed by atoms with Crippen molar-refractivity contribution in [2.75, 3.05) is 5.32 Å². The Morgan fingerprint density at radius 2 is 2.00 bits per heavy atom. The number of benzene rings is 1. The Balaban J connectivity index is 1.47. The van der Waals surface area contributed by atoms with Gasteiger partial charge in [-0.25, -0.2) is 14.2 Å². The van der Waals surface area contributed by atoms with Crippen LogP contribution in [0.4, 0.5) is 5.69 Å². The summed E-state index contributed by atoms with van der Waals surface area (Å²) in [5.41, 5.74) is 11.0. The van der Waals surface area contributed by atoms with Crippen LogP contribution in [0.1, 0.15) is 39.3 Å². The topological polar surface area (TPSA) is 146 Å². The summed E-state index contributed by atoms with van der Waals surface area (Å²) in [6, 6.07) is 5.52. The summed E-state index contributed by atoms with van der Waals surface area (Å²) in [6.07, 6.45) is 3.68. The van der Waals surface area contributed by atoms with Gasteiger partial charge in [-0.2, -0.15) is 5.10 Å². The third-order valence-corrected chi connectivity index (χ3v) is 5.15. The number of carbonyl (C=O) groups excluding carboxylic acids is 2. The smallest absolute Gasteiger partial charge is 0.254 e. The van der Waals surface area contributed by atoms with Crippen LogP contribution in [0.2, 0.25) is 0 Å². The number of hydrogen-bond acceptors (Lipinski definition) is 7. The number of nitrogens with two attached hydrogens (primary N) is 1. The number of amides is 2. The molecular formula is C20H21N9O2. The van der Waals surface area contributed by atoms with Crippen LogP contribution in [0.5, 0.6) is 0 Å². The largest absolute Gasteiger partial charge is 0.365 e. The number of rotatable bonds is 6. The number of nitrogens with one attached hydrogen (secondary N) is 1. The first kappa shape index (κ1) is 20.1. The molecule has 158 valence electrons. The van der Waals surface area contributed by atoms with Crippen molar-refractivity contribution in [1.29, 1.82) is 0 Å². The van der Waals surface area contributed by atoms with Gasteiger partial charge in [0.1, 0.15) is 11.9 Å². The van der Waals surface area contributed by atoms with Crippen molar-refractivity contribution < 1.29 is 9.59 Å². The maximum atomic E-state index is 12.5. The van der Waals surface area contributed by atoms with Crippen LogP contribution in [-0.2, 0) is 11.2 Å². The Bertz CT molecular complexity index is 1290. The SMILES string of the molecule is Cc1cc(NC(=O)CCc2c(C)nc3c(C(N)=O)cnn3c2C)ccc1-n1cnnn1. The number of anilines is 1. The molecule has 0 spiro atoms. The van der Waals surface area contributed by atoms with Crippen LogP contribution in [0.15, 0.2) is 30.7 Å². The summed E-state index contributed by atoms with van der Waals surface area (Å²) < 4.78 is 3.15. The summed E-state index contributed by atoms with van der Waals surface area (Å²) in [6.45, 7) is 5.65. The van der Waals surface area contributed by atoms with Crippen LogP contribution in [0.25, 0.3) is 11.3 Å². The summed E-state index contributed by atoms with van der Waals surface area (Å²) in [5, 5.41) is 18.3. The van der Waals surface area contributed by atoms with Crippen molar-refractivity contribution >= 4 is 23.1 Å². The second-order valence-corrected chi connectivity index (χ2v) is 7.22. The standard InChI is InChI=1S/C20H21N9O2/c1-11-8-14(4-6-17(11)28-10-22-26-27-28)25-18(30)7-5-15-12(2)24-20-16(19(21)31)9-23-29(20)13(15)3/h4,6,8-10H,5,7H2,1-3H3,(H2,21,31)(H,25,30). The van der Waals surface area contributed by atoms with Gasteiger partial charge in [0, 0.05) is 23.5 Å². The van der Waals surface area contributed by atoms with Gasteiger partial charge in [-0.1, -0.05) is 0 Å². The lowest BCUT2D eigenvalue weighted by atomic mass is 10.1. The van der Waals surface area contributed by atoms with E-state index in [-0.39, 0.29) is 17.9 Å². The molecule has 0 aliphatic rings. The molecule has 3 heterocycles. The number of tetrazole rings is 1. The molecule has 0 atom stereocenters. The lowest BCUT2D eigenvalue weighted by Crippen LogP contribution is -2.15. The highest BCUT2D eigenvalue weighted by Gasteiger charge is 2.17. The molecule has 4 aromatic rings. The molecule has 0 saturated heterocycles. The van der Waals surface area contributed by atoms with Gasteiger partial charge < -0.3 is 11.1 Å². The van der Waals surface area contributed by atoms with Crippen LogP contribution in [0.3, 0.4) is 0 Å². The lowest BCUT2D eigenvalue weighted by molar-refractivity contribution is -0.116. The van der Waals surface area contributed by atoms with Gasteiger partial charge in [0.05, 0.1) is 11.9 Å². The maximum absolute atomic E-state index is 12.5. The van der Waals surface area contributed by atoms with Gasteiger partial charge in [0.25, 0.3) is 5.91 Å². The molecule has 0 aliphatic heterocycles. The molecule has 0 aliphatic carbocycles. The number of aromatic nitrogens is 7. The number of aryl methyl sites for hydroxylation is 3. The van der Waals surface area contributed by atoms with Gasteiger partial charge in [-0.05, 0) is 66.9 Å². The fraction of sp³-hybridized carbons (Fsp3) is 0.250. The predicted octanol–water partition coefficient (Wildman–Crippen LogP) is 1.30. The number of primary amides is 1. The first-order valence-electron chi connectivity index (χ1n) is 9.62. The van der Waals surface area contributed by atoms with Crippen molar-refractivity contribution in [3.63, 3.8) is 0 Å². The minimum atomic E-state index is -0.574. The van der Waals surface area contributed by atoms with E-state index in [0.29, 0.717) is 17.8 Å². The predicted molar refractivity (Wildman–Crippen MR) is 112 cm³/mol. The number of fused-ring (bicyclic) bond motifs is 1. The van der Waals surface area contributed by atoms with Gasteiger partial charge in [0.15, 0.2) is 5.65 Å². The fourth-order valence-electron chi connectivity index (χ4n) is 3.57. The third-order valence-electron chi connectivity index (χ3n) is 5.15. The van der Waals surface area contributed by atoms with Crippen LogP contribution in [-0.4, -0.2) is 46.6 Å². The van der Waals surface area contributed by atoms with Crippen molar-refractivity contribution in [3.8, 4) is 5.69 Å². The number of carbonyl (C=O) groups is 2. The first-order chi connectivity index (χ1) is 14.8. The summed E-state index contributed by atoms with van der Waals surface area (Å²) in [5.74, 6) is -0.693. The zero-order valence-corrected chi connectivity index (χ0v) is 17.3. The van der Waals surface area contributed by atoms with Crippen LogP contribution >= 0.6 is 0 Å². The van der Waals surface area contributed by atoms with E-state index in [1.54, 1.807) is 15.3 Å². The molecule has 0 unspecified atom stereocenters. The molecule has 0 fully saturated rings. The Hall–Kier alpha value is -4.15. The summed E-state index contributed by atoms with van der Waals surface area (Å²) >= 11 is 0. The molecular weight excluding hydrogens is 398 g/mol. The third kappa shape index (κ3) is 3.84. The van der Waals surface area contributed by atoms with E-state index in [1.807, 2.05) is 32.9 Å². The highest BCUT2D eigenvalue weighted by Crippen LogP contribution is 2.20. The van der Waals surface area contributed by atoms with Gasteiger partial charge in [0.2, 0.25) is 5.91 Å². The molecule has 11 nitrogen and oxygen atoms in total. The molecule has 3 aromatic heterocycles. The minimum absolute atomic E-state index is 0.119. The maximum Gasteiger partial charge on any atom is 0.254 e. The van der Waals surface area contributed by atoms with Crippen molar-refractivity contribution in [3.05, 3.63) is 58.8 Å². The van der Waals surface area contributed by atoms with E-state index >= 15 is 0 Å². The summed E-state index contributed by atoms with van der Waals surface area (Å²) in [7, 11) is 0. The highest BCUT2D eigenvalue weighted by molar-refractivity contribution is 5.98. The van der Waals surface area contributed by atoms with Crippen molar-refractivity contribution in [1.82, 2.24) is 34.8 Å². The molecule has 31 heavy (non-hydrogen) atoms. The van der Waals surface area contributed by atoms with E-state index in [0.717, 1.165) is 28.2 Å². The van der Waals surface area contributed by atoms with Crippen LogP contribution < -0.4 is 11.1 Å². The van der Waals surface area contributed by atoms with E-state index in [4.69, 9.17) is 5.73 Å². The highest BCUT2D eigenvalue weighted by atomic mass is 16.2. The molecule has 1 aromatic carbocycles. The fourth-order valence-corrected chi connectivity index (χ4v) is 3.57. The average Bonchev–Trinajstić information content (AvgIpc) is 3.38. The normalized spacial score (nSPS) is 11.1. The molecule has 2 amide bonds. The number of nitrogens with zero attached hydrogens (tertiary/aromatic N) is 7. The molecule has 3 N–H and O–H groups in total. The Morgan fingerprint density at radius 3 is 2.68 bits per heavy atom. The van der Waals surface area contributed by atoms with Crippen molar-refractivity contribution in [2.45, 2.75) is 33.6 Å². The van der Waals surface area contributed by atoms with Crippen molar-refractivity contribution in [2.24, 2.45) is 5.73 Å². The summed E-state index contributed by atoms with van der Waals surface area (Å²) in [4.78, 5) is 28.6. The van der Waals surface area contributed by atoms with E-state index in [2.05, 4.69) is 30.9 Å². The van der Waals surface area contributed by atoms with E-state index in [9.17, 15) is 9.59 Å². The molecule has 0 bridgehead atoms. The quantitative estimate of drug-likeness (QED) is 0.479. The Morgan fingerprint density at radius 1 is 1.19 bits per heavy atom. The average molecular weight is 419 g/mol. The van der Waals surface area contributed by atoms with E-state index in [1.165, 1.54) is 12.5 Å². The Kier molecular flexibility index (Phi) is 5.15. The zero-order chi connectivity index (χ0) is 22.1. The minimum Gasteiger partial charge on any atom is -0.365 e. The van der Waals surface area contributed by atoms with Gasteiger partial charge in [-0.3, -0.25) is 9.59 Å². The molecule has 0 radical (unpaired) electrons. The Labute approximate surface area is 177 Å². The zero-order valence-electron chi connectivity index (χ0n) is 17.3. The monoisotopic (exact) mass is 419 g/mol. The second-order valence-electron chi connectivity index (χ2n) is 7.22. The second kappa shape index (κ2) is 7.94. The first-order valence-corrected chi connectivity index (χ1v) is 9.62.